The summed E-state index contributed by atoms with van der Waals surface area (Å²) >= 11 is 0. The smallest absolute Gasteiger partial charge is 0.323 e. The monoisotopic (exact) mass is 445 g/mol. The van der Waals surface area contributed by atoms with E-state index < -0.39 is 12.2 Å². The number of anilines is 3. The van der Waals surface area contributed by atoms with Gasteiger partial charge in [-0.3, -0.25) is 0 Å². The normalized spacial score (nSPS) is 13.1. The predicted molar refractivity (Wildman–Crippen MR) is 125 cm³/mol. The Kier molecular flexibility index (Phi) is 5.56. The quantitative estimate of drug-likeness (QED) is 0.418. The summed E-state index contributed by atoms with van der Waals surface area (Å²) in [6, 6.07) is 21.8. The van der Waals surface area contributed by atoms with E-state index in [0.717, 1.165) is 22.2 Å². The lowest BCUT2D eigenvalue weighted by atomic mass is 9.97. The van der Waals surface area contributed by atoms with Crippen LogP contribution in [0.15, 0.2) is 72.8 Å². The van der Waals surface area contributed by atoms with E-state index in [1.807, 2.05) is 65.6 Å². The number of rotatable bonds is 4. The second-order valence-electron chi connectivity index (χ2n) is 7.78. The number of alkyl halides is 2. The zero-order chi connectivity index (χ0) is 22.8. The predicted octanol–water partition coefficient (Wildman–Crippen LogP) is 5.77. The molecule has 0 saturated carbocycles. The maximum Gasteiger partial charge on any atom is 0.323 e. The Morgan fingerprint density at radius 2 is 1.70 bits per heavy atom. The van der Waals surface area contributed by atoms with Crippen molar-refractivity contribution < 1.29 is 13.6 Å². The number of nitrogens with one attached hydrogen (secondary N) is 2. The molecule has 0 fully saturated rings. The first-order chi connectivity index (χ1) is 16.1. The Morgan fingerprint density at radius 1 is 0.909 bits per heavy atom. The Morgan fingerprint density at radius 3 is 2.52 bits per heavy atom. The fraction of sp³-hybridized carbons (Fsp3) is 0.160. The number of para-hydroxylation sites is 2. The first kappa shape index (κ1) is 20.8. The molecule has 0 aliphatic carbocycles. The average molecular weight is 445 g/mol. The molecule has 2 amide bonds. The molecule has 0 radical (unpaired) electrons. The fourth-order valence-electron chi connectivity index (χ4n) is 4.13. The number of hydrogen-bond donors (Lipinski definition) is 2. The van der Waals surface area contributed by atoms with Gasteiger partial charge in [0.05, 0.1) is 5.52 Å². The number of halogens is 2. The van der Waals surface area contributed by atoms with Crippen LogP contribution >= 0.6 is 0 Å². The Balaban J connectivity index is 1.41. The standard InChI is InChI=1S/C25H21F2N5O/c26-22(27)23-29-21-11-5-4-10-19(21)24(31-23)32-14-13-18-16(15-32)7-6-12-20(18)30-25(33)28-17-8-2-1-3-9-17/h1-12,22H,13-15H2,(H2,28,30,33). The summed E-state index contributed by atoms with van der Waals surface area (Å²) in [5.41, 5.74) is 3.99. The minimum absolute atomic E-state index is 0.319. The van der Waals surface area contributed by atoms with Crippen molar-refractivity contribution in [2.24, 2.45) is 0 Å². The summed E-state index contributed by atoms with van der Waals surface area (Å²) in [4.78, 5) is 22.7. The van der Waals surface area contributed by atoms with Gasteiger partial charge < -0.3 is 15.5 Å². The molecule has 1 aliphatic heterocycles. The molecule has 2 heterocycles. The minimum Gasteiger partial charge on any atom is -0.351 e. The van der Waals surface area contributed by atoms with Crippen LogP contribution in [0.25, 0.3) is 10.9 Å². The van der Waals surface area contributed by atoms with Gasteiger partial charge in [-0.2, -0.15) is 0 Å². The van der Waals surface area contributed by atoms with Gasteiger partial charge in [0.2, 0.25) is 0 Å². The number of fused-ring (bicyclic) bond motifs is 2. The molecular formula is C25H21F2N5O. The van der Waals surface area contributed by atoms with Crippen LogP contribution in [0.4, 0.5) is 30.8 Å². The van der Waals surface area contributed by atoms with E-state index in [1.165, 1.54) is 0 Å². The van der Waals surface area contributed by atoms with Crippen molar-refractivity contribution in [3.8, 4) is 0 Å². The molecular weight excluding hydrogens is 424 g/mol. The first-order valence-electron chi connectivity index (χ1n) is 10.6. The van der Waals surface area contributed by atoms with Gasteiger partial charge in [0.1, 0.15) is 5.82 Å². The molecule has 5 rings (SSSR count). The van der Waals surface area contributed by atoms with Crippen molar-refractivity contribution in [3.05, 3.63) is 89.7 Å². The molecule has 1 aromatic heterocycles. The number of urea groups is 1. The summed E-state index contributed by atoms with van der Waals surface area (Å²) in [6.07, 6.45) is -2.11. The number of carbonyl (C=O) groups excluding carboxylic acids is 1. The topological polar surface area (TPSA) is 70.2 Å². The van der Waals surface area contributed by atoms with E-state index in [0.29, 0.717) is 36.5 Å². The van der Waals surface area contributed by atoms with Gasteiger partial charge in [0, 0.05) is 29.9 Å². The van der Waals surface area contributed by atoms with Crippen molar-refractivity contribution >= 4 is 34.1 Å². The number of carbonyl (C=O) groups is 1. The van der Waals surface area contributed by atoms with Gasteiger partial charge in [-0.25, -0.2) is 23.5 Å². The molecule has 6 nitrogen and oxygen atoms in total. The molecule has 2 N–H and O–H groups in total. The summed E-state index contributed by atoms with van der Waals surface area (Å²) in [5.74, 6) is 0.0317. The van der Waals surface area contributed by atoms with Crippen LogP contribution in [0.1, 0.15) is 23.4 Å². The third-order valence-electron chi connectivity index (χ3n) is 5.64. The fourth-order valence-corrected chi connectivity index (χ4v) is 4.13. The van der Waals surface area contributed by atoms with Crippen molar-refractivity contribution in [3.63, 3.8) is 0 Å². The van der Waals surface area contributed by atoms with E-state index in [9.17, 15) is 13.6 Å². The minimum atomic E-state index is -2.75. The van der Waals surface area contributed by atoms with Crippen LogP contribution in [0, 0.1) is 0 Å². The highest BCUT2D eigenvalue weighted by atomic mass is 19.3. The Bertz CT molecular complexity index is 1310. The number of benzene rings is 3. The van der Waals surface area contributed by atoms with Crippen LogP contribution in [0.5, 0.6) is 0 Å². The molecule has 166 valence electrons. The number of aromatic nitrogens is 2. The highest BCUT2D eigenvalue weighted by molar-refractivity contribution is 6.00. The second-order valence-corrected chi connectivity index (χ2v) is 7.78. The van der Waals surface area contributed by atoms with Crippen molar-refractivity contribution in [2.75, 3.05) is 22.1 Å². The summed E-state index contributed by atoms with van der Waals surface area (Å²) in [5, 5.41) is 6.49. The summed E-state index contributed by atoms with van der Waals surface area (Å²) in [6.45, 7) is 1.07. The highest BCUT2D eigenvalue weighted by Gasteiger charge is 2.24. The average Bonchev–Trinajstić information content (AvgIpc) is 2.83. The molecule has 33 heavy (non-hydrogen) atoms. The molecule has 0 saturated heterocycles. The first-order valence-corrected chi connectivity index (χ1v) is 10.6. The van der Waals surface area contributed by atoms with Crippen molar-refractivity contribution in [1.82, 2.24) is 9.97 Å². The molecule has 8 heteroatoms. The van der Waals surface area contributed by atoms with Gasteiger partial charge in [-0.05, 0) is 47.9 Å². The number of amides is 2. The van der Waals surface area contributed by atoms with E-state index in [2.05, 4.69) is 20.6 Å². The maximum absolute atomic E-state index is 13.4. The second kappa shape index (κ2) is 8.82. The number of nitrogens with zero attached hydrogens (tertiary/aromatic N) is 3. The lowest BCUT2D eigenvalue weighted by molar-refractivity contribution is 0.141. The zero-order valence-electron chi connectivity index (χ0n) is 17.6. The lowest BCUT2D eigenvalue weighted by Crippen LogP contribution is -2.32. The summed E-state index contributed by atoms with van der Waals surface area (Å²) in [7, 11) is 0. The molecule has 0 atom stereocenters. The van der Waals surface area contributed by atoms with E-state index in [4.69, 9.17) is 0 Å². The molecule has 3 aromatic carbocycles. The molecule has 0 spiro atoms. The van der Waals surface area contributed by atoms with Crippen LogP contribution in [-0.4, -0.2) is 22.5 Å². The van der Waals surface area contributed by atoms with Gasteiger partial charge in [-0.15, -0.1) is 0 Å². The van der Waals surface area contributed by atoms with Gasteiger partial charge in [0.15, 0.2) is 5.82 Å². The SMILES string of the molecule is O=C(Nc1ccccc1)Nc1cccc2c1CCN(c1nc(C(F)F)nc3ccccc13)C2. The summed E-state index contributed by atoms with van der Waals surface area (Å²) < 4.78 is 26.8. The zero-order valence-corrected chi connectivity index (χ0v) is 17.6. The van der Waals surface area contributed by atoms with E-state index in [1.54, 1.807) is 12.1 Å². The lowest BCUT2D eigenvalue weighted by Gasteiger charge is -2.32. The molecule has 0 unspecified atom stereocenters. The van der Waals surface area contributed by atoms with Crippen molar-refractivity contribution in [2.45, 2.75) is 19.4 Å². The highest BCUT2D eigenvalue weighted by Crippen LogP contribution is 2.33. The van der Waals surface area contributed by atoms with E-state index in [-0.39, 0.29) is 6.03 Å². The third kappa shape index (κ3) is 4.32. The van der Waals surface area contributed by atoms with Gasteiger partial charge in [0.25, 0.3) is 6.43 Å². The van der Waals surface area contributed by atoms with Crippen LogP contribution < -0.4 is 15.5 Å². The van der Waals surface area contributed by atoms with Gasteiger partial charge in [-0.1, -0.05) is 42.5 Å². The maximum atomic E-state index is 13.4. The molecule has 0 bridgehead atoms. The van der Waals surface area contributed by atoms with E-state index >= 15 is 0 Å². The molecule has 4 aromatic rings. The molecule has 1 aliphatic rings. The van der Waals surface area contributed by atoms with Gasteiger partial charge >= 0.3 is 6.03 Å². The third-order valence-corrected chi connectivity index (χ3v) is 5.64. The number of hydrogen-bond acceptors (Lipinski definition) is 4. The van der Waals surface area contributed by atoms with Crippen LogP contribution in [0.3, 0.4) is 0 Å². The largest absolute Gasteiger partial charge is 0.351 e. The Hall–Kier alpha value is -4.07. The van der Waals surface area contributed by atoms with Crippen molar-refractivity contribution in [1.29, 1.82) is 0 Å². The Labute approximate surface area is 189 Å². The van der Waals surface area contributed by atoms with Crippen LogP contribution in [0.2, 0.25) is 0 Å². The van der Waals surface area contributed by atoms with Crippen LogP contribution in [-0.2, 0) is 13.0 Å².